The Bertz CT molecular complexity index is 333. The number of nitrogens with one attached hydrogen (secondary N) is 1. The molecule has 0 aromatic heterocycles. The Morgan fingerprint density at radius 3 is 2.17 bits per heavy atom. The fourth-order valence-electron chi connectivity index (χ4n) is 4.12. The number of amides is 1. The van der Waals surface area contributed by atoms with Crippen molar-refractivity contribution in [3.05, 3.63) is 0 Å². The molecule has 2 rings (SSSR count). The molecule has 1 N–H and O–H groups in total. The molecule has 2 aliphatic rings. The van der Waals surface area contributed by atoms with Crippen molar-refractivity contribution in [3.8, 4) is 0 Å². The number of unbranched alkanes of at least 4 members (excludes halogenated alkanes) is 5. The van der Waals surface area contributed by atoms with Gasteiger partial charge in [0.1, 0.15) is 0 Å². The van der Waals surface area contributed by atoms with Crippen molar-refractivity contribution in [1.29, 1.82) is 0 Å². The van der Waals surface area contributed by atoms with Crippen LogP contribution in [0.3, 0.4) is 0 Å². The van der Waals surface area contributed by atoms with Crippen LogP contribution >= 0.6 is 0 Å². The molecule has 0 spiro atoms. The standard InChI is InChI=1S/C21H39INO/c1-2-3-4-5-6-10-13-21(24)23-20-16-14-19(15-17-20)22-18-11-8-7-9-12-18/h18-20H,2-17H2,1H3,(H,23,24)/q-1. The topological polar surface area (TPSA) is 29.1 Å². The summed E-state index contributed by atoms with van der Waals surface area (Å²) in [6.07, 6.45) is 21.2. The van der Waals surface area contributed by atoms with Crippen LogP contribution in [0.5, 0.6) is 0 Å². The van der Waals surface area contributed by atoms with Crippen molar-refractivity contribution in [3.63, 3.8) is 0 Å². The van der Waals surface area contributed by atoms with Crippen LogP contribution < -0.4 is 26.5 Å². The van der Waals surface area contributed by atoms with Crippen LogP contribution in [0.25, 0.3) is 0 Å². The van der Waals surface area contributed by atoms with E-state index in [4.69, 9.17) is 0 Å². The zero-order valence-electron chi connectivity index (χ0n) is 15.8. The van der Waals surface area contributed by atoms with E-state index in [2.05, 4.69) is 12.2 Å². The Labute approximate surface area is 160 Å². The first kappa shape index (κ1) is 20.5. The van der Waals surface area contributed by atoms with E-state index in [-0.39, 0.29) is 0 Å². The van der Waals surface area contributed by atoms with Gasteiger partial charge < -0.3 is 0 Å². The summed E-state index contributed by atoms with van der Waals surface area (Å²) in [5.74, 6) is 0.316. The third kappa shape index (κ3) is 8.53. The Morgan fingerprint density at radius 1 is 0.833 bits per heavy atom. The fourth-order valence-corrected chi connectivity index (χ4v) is 8.60. The first-order valence-corrected chi connectivity index (χ1v) is 13.2. The predicted octanol–water partition coefficient (Wildman–Crippen LogP) is 2.59. The molecule has 0 bridgehead atoms. The van der Waals surface area contributed by atoms with Gasteiger partial charge in [-0.2, -0.15) is 0 Å². The molecule has 0 atom stereocenters. The first-order chi connectivity index (χ1) is 11.8. The van der Waals surface area contributed by atoms with Crippen LogP contribution in [-0.2, 0) is 4.79 Å². The van der Waals surface area contributed by atoms with Gasteiger partial charge in [0.25, 0.3) is 0 Å². The Balaban J connectivity index is 1.50. The molecule has 24 heavy (non-hydrogen) atoms. The van der Waals surface area contributed by atoms with Crippen LogP contribution in [0.1, 0.15) is 110 Å². The first-order valence-electron chi connectivity index (χ1n) is 10.7. The molecule has 2 nitrogen and oxygen atoms in total. The van der Waals surface area contributed by atoms with Crippen molar-refractivity contribution in [2.24, 2.45) is 0 Å². The van der Waals surface area contributed by atoms with E-state index >= 15 is 0 Å². The maximum absolute atomic E-state index is 12.1. The number of carbonyl (C=O) groups is 1. The molecule has 0 aromatic carbocycles. The van der Waals surface area contributed by atoms with E-state index in [0.29, 0.717) is 33.2 Å². The quantitative estimate of drug-likeness (QED) is 0.311. The number of alkyl halides is 2. The van der Waals surface area contributed by atoms with Gasteiger partial charge in [0.15, 0.2) is 0 Å². The molecule has 2 fully saturated rings. The summed E-state index contributed by atoms with van der Waals surface area (Å²) in [6.45, 7) is 2.25. The summed E-state index contributed by atoms with van der Waals surface area (Å²) >= 11 is 0.412. The van der Waals surface area contributed by atoms with Gasteiger partial charge in [0, 0.05) is 0 Å². The Morgan fingerprint density at radius 2 is 1.46 bits per heavy atom. The van der Waals surface area contributed by atoms with Gasteiger partial charge in [-0.15, -0.1) is 0 Å². The molecule has 2 saturated carbocycles. The molecular weight excluding hydrogens is 409 g/mol. The van der Waals surface area contributed by atoms with E-state index in [1.54, 1.807) is 0 Å². The molecule has 0 aliphatic heterocycles. The Hall–Kier alpha value is 0.200. The van der Waals surface area contributed by atoms with Crippen LogP contribution in [0.15, 0.2) is 0 Å². The SMILES string of the molecule is CCCCCCCCC(=O)NC1CCC([I-]C2CCCCC2)CC1. The molecule has 0 heterocycles. The third-order valence-electron chi connectivity index (χ3n) is 5.67. The van der Waals surface area contributed by atoms with Gasteiger partial charge in [-0.1, -0.05) is 13.3 Å². The zero-order valence-corrected chi connectivity index (χ0v) is 18.0. The van der Waals surface area contributed by atoms with Gasteiger partial charge in [-0.25, -0.2) is 0 Å². The minimum absolute atomic E-state index is 0.316. The summed E-state index contributed by atoms with van der Waals surface area (Å²) in [4.78, 5) is 12.1. The normalized spacial score (nSPS) is 25.7. The van der Waals surface area contributed by atoms with Gasteiger partial charge in [-0.3, -0.25) is 0 Å². The van der Waals surface area contributed by atoms with E-state index in [1.807, 2.05) is 0 Å². The van der Waals surface area contributed by atoms with Crippen LogP contribution in [-0.4, -0.2) is 19.8 Å². The number of hydrogen-bond acceptors (Lipinski definition) is 1. The fraction of sp³-hybridized carbons (Fsp3) is 0.952. The monoisotopic (exact) mass is 448 g/mol. The second-order valence-electron chi connectivity index (χ2n) is 7.90. The van der Waals surface area contributed by atoms with Crippen molar-refractivity contribution in [1.82, 2.24) is 5.32 Å². The summed E-state index contributed by atoms with van der Waals surface area (Å²) in [6, 6.07) is 0.490. The molecular formula is C21H39INO-. The van der Waals surface area contributed by atoms with Crippen molar-refractivity contribution >= 4 is 5.91 Å². The van der Waals surface area contributed by atoms with Gasteiger partial charge in [0.2, 0.25) is 0 Å². The van der Waals surface area contributed by atoms with E-state index in [9.17, 15) is 4.79 Å². The van der Waals surface area contributed by atoms with E-state index in [1.165, 1.54) is 89.9 Å². The molecule has 0 saturated heterocycles. The molecule has 0 unspecified atom stereocenters. The van der Waals surface area contributed by atoms with Crippen LogP contribution in [0, 0.1) is 0 Å². The minimum atomic E-state index is 0.316. The van der Waals surface area contributed by atoms with Crippen LogP contribution in [0.2, 0.25) is 0 Å². The average molecular weight is 448 g/mol. The van der Waals surface area contributed by atoms with Crippen molar-refractivity contribution < 1.29 is 26.0 Å². The number of hydrogen-bond donors (Lipinski definition) is 1. The number of carbonyl (C=O) groups excluding carboxylic acids is 1. The molecule has 142 valence electrons. The Kier molecular flexibility index (Phi) is 10.7. The second-order valence-corrected chi connectivity index (χ2v) is 12.1. The third-order valence-corrected chi connectivity index (χ3v) is 10.2. The zero-order chi connectivity index (χ0) is 17.0. The maximum atomic E-state index is 12.1. The van der Waals surface area contributed by atoms with Crippen LogP contribution in [0.4, 0.5) is 0 Å². The molecule has 3 heteroatoms. The van der Waals surface area contributed by atoms with Crippen molar-refractivity contribution in [2.45, 2.75) is 124 Å². The van der Waals surface area contributed by atoms with Gasteiger partial charge in [-0.05, 0) is 0 Å². The van der Waals surface area contributed by atoms with Gasteiger partial charge >= 0.3 is 147 Å². The molecule has 2 aliphatic carbocycles. The van der Waals surface area contributed by atoms with Crippen molar-refractivity contribution in [2.75, 3.05) is 0 Å². The summed E-state index contributed by atoms with van der Waals surface area (Å²) in [5, 5.41) is 3.32. The molecule has 0 aromatic rings. The number of rotatable bonds is 10. The number of halogens is 1. The summed E-state index contributed by atoms with van der Waals surface area (Å²) in [5.41, 5.74) is 0. The average Bonchev–Trinajstić information content (AvgIpc) is 2.61. The molecule has 1 amide bonds. The molecule has 0 radical (unpaired) electrons. The van der Waals surface area contributed by atoms with E-state index in [0.717, 1.165) is 20.7 Å². The summed E-state index contributed by atoms with van der Waals surface area (Å²) < 4.78 is 2.18. The van der Waals surface area contributed by atoms with E-state index < -0.39 is 0 Å². The second kappa shape index (κ2) is 12.5. The summed E-state index contributed by atoms with van der Waals surface area (Å²) in [7, 11) is 0. The predicted molar refractivity (Wildman–Crippen MR) is 99.1 cm³/mol. The van der Waals surface area contributed by atoms with Gasteiger partial charge in [0.05, 0.1) is 0 Å².